The third-order valence-corrected chi connectivity index (χ3v) is 8.68. The molecule has 0 aliphatic rings. The zero-order chi connectivity index (χ0) is 22.6. The lowest BCUT2D eigenvalue weighted by Gasteiger charge is -2.18. The van der Waals surface area contributed by atoms with Gasteiger partial charge in [0.1, 0.15) is 5.75 Å². The SMILES string of the molecule is C/C=S(/c1ccc(C(C)C)cc1)c1ccc(OC(C)C)cc1S(=O)(=O)c1ccccn1. The third kappa shape index (κ3) is 5.25. The van der Waals surface area contributed by atoms with Gasteiger partial charge in [-0.1, -0.05) is 37.4 Å². The van der Waals surface area contributed by atoms with Gasteiger partial charge in [-0.05, 0) is 68.7 Å². The van der Waals surface area contributed by atoms with Gasteiger partial charge in [-0.15, -0.1) is 10.5 Å². The van der Waals surface area contributed by atoms with E-state index in [1.165, 1.54) is 17.8 Å². The van der Waals surface area contributed by atoms with E-state index in [0.717, 1.165) is 9.79 Å². The van der Waals surface area contributed by atoms with Crippen LogP contribution in [0.3, 0.4) is 0 Å². The van der Waals surface area contributed by atoms with Gasteiger partial charge in [-0.3, -0.25) is 0 Å². The molecule has 6 heteroatoms. The van der Waals surface area contributed by atoms with Crippen LogP contribution in [0.4, 0.5) is 0 Å². The molecule has 164 valence electrons. The Morgan fingerprint density at radius 2 is 1.68 bits per heavy atom. The maximum atomic E-state index is 13.6. The number of benzene rings is 2. The summed E-state index contributed by atoms with van der Waals surface area (Å²) in [6, 6.07) is 18.7. The minimum atomic E-state index is -3.82. The van der Waals surface area contributed by atoms with E-state index >= 15 is 0 Å². The quantitative estimate of drug-likeness (QED) is 0.390. The van der Waals surface area contributed by atoms with Crippen LogP contribution in [0.5, 0.6) is 5.75 Å². The van der Waals surface area contributed by atoms with E-state index in [-0.39, 0.29) is 16.0 Å². The molecule has 0 N–H and O–H groups in total. The van der Waals surface area contributed by atoms with Crippen LogP contribution >= 0.6 is 10.5 Å². The molecule has 1 aromatic heterocycles. The summed E-state index contributed by atoms with van der Waals surface area (Å²) in [4.78, 5) is 6.16. The number of rotatable bonds is 7. The Bertz CT molecular complexity index is 1170. The predicted octanol–water partition coefficient (Wildman–Crippen LogP) is 6.33. The van der Waals surface area contributed by atoms with Gasteiger partial charge in [0.25, 0.3) is 0 Å². The van der Waals surface area contributed by atoms with Crippen molar-refractivity contribution in [1.29, 1.82) is 0 Å². The summed E-state index contributed by atoms with van der Waals surface area (Å²) in [5.74, 6) is 0.970. The standard InChI is InChI=1S/C25H29NO3S2/c1-6-30(22-13-10-20(11-14-22)18(2)3)23-15-12-21(29-19(4)5)17-24(23)31(27,28)25-9-7-8-16-26-25/h6-19H,1-5H3. The second-order valence-electron chi connectivity index (χ2n) is 7.74. The van der Waals surface area contributed by atoms with Gasteiger partial charge < -0.3 is 4.74 Å². The van der Waals surface area contributed by atoms with E-state index in [1.807, 2.05) is 32.9 Å². The first kappa shape index (κ1) is 23.2. The summed E-state index contributed by atoms with van der Waals surface area (Å²) in [7, 11) is -4.34. The molecule has 0 spiro atoms. The highest BCUT2D eigenvalue weighted by atomic mass is 32.2. The summed E-state index contributed by atoms with van der Waals surface area (Å²) in [5.41, 5.74) is 1.26. The maximum absolute atomic E-state index is 13.6. The van der Waals surface area contributed by atoms with Crippen LogP contribution in [0.1, 0.15) is 46.1 Å². The van der Waals surface area contributed by atoms with Crippen LogP contribution in [-0.4, -0.2) is 24.9 Å². The van der Waals surface area contributed by atoms with Gasteiger partial charge in [0.15, 0.2) is 5.03 Å². The molecule has 3 aromatic rings. The Labute approximate surface area is 188 Å². The van der Waals surface area contributed by atoms with Gasteiger partial charge in [0.2, 0.25) is 9.84 Å². The number of aromatic nitrogens is 1. The average Bonchev–Trinajstić information content (AvgIpc) is 2.75. The van der Waals surface area contributed by atoms with Gasteiger partial charge in [-0.25, -0.2) is 13.4 Å². The van der Waals surface area contributed by atoms with E-state index in [9.17, 15) is 8.42 Å². The fraction of sp³-hybridized carbons (Fsp3) is 0.280. The Balaban J connectivity index is 2.19. The number of ether oxygens (including phenoxy) is 1. The predicted molar refractivity (Wildman–Crippen MR) is 128 cm³/mol. The van der Waals surface area contributed by atoms with Crippen molar-refractivity contribution in [2.24, 2.45) is 0 Å². The van der Waals surface area contributed by atoms with Crippen LogP contribution in [0.15, 0.2) is 86.6 Å². The van der Waals surface area contributed by atoms with E-state index in [1.54, 1.807) is 18.2 Å². The topological polar surface area (TPSA) is 56.3 Å². The Kier molecular flexibility index (Phi) is 7.34. The second kappa shape index (κ2) is 9.79. The van der Waals surface area contributed by atoms with Crippen molar-refractivity contribution >= 4 is 25.7 Å². The van der Waals surface area contributed by atoms with Crippen molar-refractivity contribution in [3.8, 4) is 5.75 Å². The summed E-state index contributed by atoms with van der Waals surface area (Å²) in [6.45, 7) is 10.1. The molecule has 1 unspecified atom stereocenters. The first-order chi connectivity index (χ1) is 14.7. The summed E-state index contributed by atoms with van der Waals surface area (Å²) in [6.07, 6.45) is 1.44. The molecule has 1 atom stereocenters. The molecule has 0 radical (unpaired) electrons. The molecule has 0 aliphatic carbocycles. The number of hydrogen-bond donors (Lipinski definition) is 0. The fourth-order valence-corrected chi connectivity index (χ4v) is 6.82. The van der Waals surface area contributed by atoms with Crippen LogP contribution in [-0.2, 0) is 9.84 Å². The smallest absolute Gasteiger partial charge is 0.225 e. The summed E-state index contributed by atoms with van der Waals surface area (Å²) >= 11 is 0. The summed E-state index contributed by atoms with van der Waals surface area (Å²) in [5, 5.41) is 2.09. The number of sulfone groups is 1. The van der Waals surface area contributed by atoms with Crippen molar-refractivity contribution in [2.45, 2.75) is 66.4 Å². The lowest BCUT2D eigenvalue weighted by molar-refractivity contribution is 0.241. The van der Waals surface area contributed by atoms with Gasteiger partial charge in [0.05, 0.1) is 11.0 Å². The van der Waals surface area contributed by atoms with Gasteiger partial charge in [0, 0.05) is 22.1 Å². The van der Waals surface area contributed by atoms with E-state index in [0.29, 0.717) is 11.7 Å². The molecule has 31 heavy (non-hydrogen) atoms. The van der Waals surface area contributed by atoms with Crippen molar-refractivity contribution in [1.82, 2.24) is 4.98 Å². The monoisotopic (exact) mass is 455 g/mol. The Morgan fingerprint density at radius 1 is 0.968 bits per heavy atom. The molecule has 0 bridgehead atoms. The fourth-order valence-electron chi connectivity index (χ4n) is 3.23. The summed E-state index contributed by atoms with van der Waals surface area (Å²) < 4.78 is 32.9. The lowest BCUT2D eigenvalue weighted by Crippen LogP contribution is -2.09. The molecule has 0 amide bonds. The van der Waals surface area contributed by atoms with Crippen molar-refractivity contribution in [2.75, 3.05) is 0 Å². The molecule has 0 fully saturated rings. The largest absolute Gasteiger partial charge is 0.491 e. The Morgan fingerprint density at radius 3 is 2.23 bits per heavy atom. The second-order valence-corrected chi connectivity index (χ2v) is 11.7. The highest BCUT2D eigenvalue weighted by molar-refractivity contribution is 8.15. The number of pyridine rings is 1. The highest BCUT2D eigenvalue weighted by Crippen LogP contribution is 2.42. The number of hydrogen-bond acceptors (Lipinski definition) is 4. The molecule has 4 nitrogen and oxygen atoms in total. The van der Waals surface area contributed by atoms with Gasteiger partial charge in [-0.2, -0.15) is 0 Å². The van der Waals surface area contributed by atoms with Crippen molar-refractivity contribution in [3.63, 3.8) is 0 Å². The molecule has 0 saturated heterocycles. The Hall–Kier alpha value is -2.44. The van der Waals surface area contributed by atoms with E-state index in [4.69, 9.17) is 4.74 Å². The molecular formula is C25H29NO3S2. The van der Waals surface area contributed by atoms with Crippen LogP contribution in [0.2, 0.25) is 0 Å². The number of nitrogens with zero attached hydrogens (tertiary/aromatic N) is 1. The van der Waals surface area contributed by atoms with E-state index < -0.39 is 20.3 Å². The first-order valence-electron chi connectivity index (χ1n) is 10.3. The minimum Gasteiger partial charge on any atom is -0.491 e. The minimum absolute atomic E-state index is 0.0350. The van der Waals surface area contributed by atoms with Crippen LogP contribution in [0, 0.1) is 0 Å². The first-order valence-corrected chi connectivity index (χ1v) is 13.1. The highest BCUT2D eigenvalue weighted by Gasteiger charge is 2.25. The maximum Gasteiger partial charge on any atom is 0.225 e. The van der Waals surface area contributed by atoms with Gasteiger partial charge >= 0.3 is 0 Å². The average molecular weight is 456 g/mol. The molecule has 2 aromatic carbocycles. The van der Waals surface area contributed by atoms with Crippen molar-refractivity contribution in [3.05, 3.63) is 72.4 Å². The molecule has 0 aliphatic heterocycles. The zero-order valence-electron chi connectivity index (χ0n) is 18.6. The zero-order valence-corrected chi connectivity index (χ0v) is 20.2. The molecule has 1 heterocycles. The van der Waals surface area contributed by atoms with Crippen LogP contribution < -0.4 is 4.74 Å². The van der Waals surface area contributed by atoms with E-state index in [2.05, 4.69) is 48.5 Å². The molecular weight excluding hydrogens is 426 g/mol. The molecule has 3 rings (SSSR count). The molecule has 0 saturated carbocycles. The van der Waals surface area contributed by atoms with Crippen molar-refractivity contribution < 1.29 is 13.2 Å². The van der Waals surface area contributed by atoms with Crippen LogP contribution in [0.25, 0.3) is 0 Å². The third-order valence-electron chi connectivity index (χ3n) is 4.76. The normalized spacial score (nSPS) is 13.0. The lowest BCUT2D eigenvalue weighted by atomic mass is 10.0.